The van der Waals surface area contributed by atoms with E-state index in [0.717, 1.165) is 21.8 Å². The van der Waals surface area contributed by atoms with Gasteiger partial charge in [-0.15, -0.1) is 0 Å². The molecule has 4 nitrogen and oxygen atoms in total. The largest absolute Gasteiger partial charge is 0.548 e. The lowest BCUT2D eigenvalue weighted by Gasteiger charge is -2.28. The van der Waals surface area contributed by atoms with Crippen molar-refractivity contribution in [3.05, 3.63) is 39.2 Å². The molecular formula is C16H15BrNO3S2-. The van der Waals surface area contributed by atoms with E-state index in [4.69, 9.17) is 12.2 Å². The number of hydrogen-bond acceptors (Lipinski definition) is 5. The second-order valence-electron chi connectivity index (χ2n) is 5.57. The first kappa shape index (κ1) is 18.2. The lowest BCUT2D eigenvalue weighted by molar-refractivity contribution is -0.310. The molecule has 23 heavy (non-hydrogen) atoms. The van der Waals surface area contributed by atoms with Crippen LogP contribution < -0.4 is 5.11 Å². The fraction of sp³-hybridized carbons (Fsp3) is 0.312. The van der Waals surface area contributed by atoms with Gasteiger partial charge in [-0.25, -0.2) is 0 Å². The van der Waals surface area contributed by atoms with E-state index in [1.54, 1.807) is 6.08 Å². The van der Waals surface area contributed by atoms with E-state index in [2.05, 4.69) is 15.9 Å². The van der Waals surface area contributed by atoms with Gasteiger partial charge in [0.15, 0.2) is 0 Å². The number of carboxylic acids is 1. The predicted molar refractivity (Wildman–Crippen MR) is 97.4 cm³/mol. The first-order valence-electron chi connectivity index (χ1n) is 7.03. The van der Waals surface area contributed by atoms with Crippen molar-refractivity contribution in [2.75, 3.05) is 0 Å². The quantitative estimate of drug-likeness (QED) is 0.549. The van der Waals surface area contributed by atoms with Crippen molar-refractivity contribution >= 4 is 62.2 Å². The van der Waals surface area contributed by atoms with Gasteiger partial charge in [0, 0.05) is 4.47 Å². The lowest BCUT2D eigenvalue weighted by atomic mass is 10.0. The standard InChI is InChI=1S/C16H16BrNO3S2/c1-9(2)6-12(15(20)21)18-14(19)13(23-16(18)22)8-10-4-3-5-11(17)7-10/h3-5,7-9,12H,6H2,1-2H3,(H,20,21)/p-1/b13-8-/t12-/m0/s1. The van der Waals surface area contributed by atoms with Gasteiger partial charge in [-0.05, 0) is 36.1 Å². The molecule has 0 aliphatic carbocycles. The van der Waals surface area contributed by atoms with Crippen LogP contribution in [0.2, 0.25) is 0 Å². The molecule has 1 aliphatic heterocycles. The molecule has 1 aromatic carbocycles. The Morgan fingerprint density at radius 2 is 2.17 bits per heavy atom. The van der Waals surface area contributed by atoms with Crippen LogP contribution in [-0.2, 0) is 9.59 Å². The van der Waals surface area contributed by atoms with Crippen LogP contribution in [0.4, 0.5) is 0 Å². The van der Waals surface area contributed by atoms with E-state index in [1.807, 2.05) is 38.1 Å². The van der Waals surface area contributed by atoms with Crippen LogP contribution in [0.5, 0.6) is 0 Å². The van der Waals surface area contributed by atoms with Gasteiger partial charge in [-0.3, -0.25) is 9.69 Å². The minimum Gasteiger partial charge on any atom is -0.548 e. The third-order valence-electron chi connectivity index (χ3n) is 3.25. The maximum atomic E-state index is 12.6. The highest BCUT2D eigenvalue weighted by Gasteiger charge is 2.37. The molecule has 0 bridgehead atoms. The Morgan fingerprint density at radius 1 is 1.48 bits per heavy atom. The summed E-state index contributed by atoms with van der Waals surface area (Å²) >= 11 is 9.71. The van der Waals surface area contributed by atoms with E-state index in [0.29, 0.717) is 11.3 Å². The van der Waals surface area contributed by atoms with Gasteiger partial charge in [0.05, 0.1) is 16.9 Å². The molecule has 0 aromatic heterocycles. The predicted octanol–water partition coefficient (Wildman–Crippen LogP) is 2.81. The topological polar surface area (TPSA) is 60.4 Å². The Kier molecular flexibility index (Phi) is 6.00. The van der Waals surface area contributed by atoms with Crippen molar-refractivity contribution in [2.24, 2.45) is 5.92 Å². The van der Waals surface area contributed by atoms with Crippen molar-refractivity contribution in [2.45, 2.75) is 26.3 Å². The molecular weight excluding hydrogens is 398 g/mol. The van der Waals surface area contributed by atoms with Crippen molar-refractivity contribution in [1.29, 1.82) is 0 Å². The second-order valence-corrected chi connectivity index (χ2v) is 8.16. The average molecular weight is 413 g/mol. The first-order chi connectivity index (χ1) is 10.8. The highest BCUT2D eigenvalue weighted by molar-refractivity contribution is 9.10. The van der Waals surface area contributed by atoms with Crippen LogP contribution in [0.15, 0.2) is 33.6 Å². The summed E-state index contributed by atoms with van der Waals surface area (Å²) in [5.41, 5.74) is 0.841. The highest BCUT2D eigenvalue weighted by Crippen LogP contribution is 2.35. The number of amides is 1. The van der Waals surface area contributed by atoms with Crippen LogP contribution in [0.1, 0.15) is 25.8 Å². The third kappa shape index (κ3) is 4.43. The molecule has 2 rings (SSSR count). The van der Waals surface area contributed by atoms with Gasteiger partial charge in [-0.2, -0.15) is 0 Å². The number of carboxylic acid groups (broad SMARTS) is 1. The van der Waals surface area contributed by atoms with E-state index in [-0.39, 0.29) is 16.1 Å². The van der Waals surface area contributed by atoms with Gasteiger partial charge < -0.3 is 9.90 Å². The first-order valence-corrected chi connectivity index (χ1v) is 9.05. The summed E-state index contributed by atoms with van der Waals surface area (Å²) in [5.74, 6) is -1.55. The van der Waals surface area contributed by atoms with Crippen molar-refractivity contribution < 1.29 is 14.7 Å². The van der Waals surface area contributed by atoms with Gasteiger partial charge in [0.1, 0.15) is 4.32 Å². The Morgan fingerprint density at radius 3 is 2.74 bits per heavy atom. The molecule has 1 saturated heterocycles. The molecule has 0 radical (unpaired) electrons. The molecule has 0 N–H and O–H groups in total. The SMILES string of the molecule is CC(C)C[C@@H](C(=O)[O-])N1C(=O)/C(=C/c2cccc(Br)c2)SC1=S. The number of hydrogen-bond donors (Lipinski definition) is 0. The minimum absolute atomic E-state index is 0.108. The molecule has 122 valence electrons. The van der Waals surface area contributed by atoms with Crippen molar-refractivity contribution in [3.8, 4) is 0 Å². The Labute approximate surface area is 153 Å². The number of thioether (sulfide) groups is 1. The zero-order valence-electron chi connectivity index (χ0n) is 12.6. The van der Waals surface area contributed by atoms with Gasteiger partial charge in [0.2, 0.25) is 0 Å². The number of carbonyl (C=O) groups excluding carboxylic acids is 2. The number of nitrogens with zero attached hydrogens (tertiary/aromatic N) is 1. The van der Waals surface area contributed by atoms with Crippen LogP contribution in [0.3, 0.4) is 0 Å². The minimum atomic E-state index is -1.28. The number of thiocarbonyl (C=S) groups is 1. The fourth-order valence-electron chi connectivity index (χ4n) is 2.25. The van der Waals surface area contributed by atoms with E-state index in [9.17, 15) is 14.7 Å². The normalized spacial score (nSPS) is 18.1. The number of rotatable bonds is 5. The molecule has 1 fully saturated rings. The van der Waals surface area contributed by atoms with E-state index >= 15 is 0 Å². The van der Waals surface area contributed by atoms with Gasteiger partial charge in [-0.1, -0.05) is 65.9 Å². The number of benzene rings is 1. The van der Waals surface area contributed by atoms with Crippen LogP contribution in [0, 0.1) is 5.92 Å². The zero-order chi connectivity index (χ0) is 17.1. The average Bonchev–Trinajstić information content (AvgIpc) is 2.71. The van der Waals surface area contributed by atoms with Gasteiger partial charge in [0.25, 0.3) is 5.91 Å². The molecule has 1 amide bonds. The summed E-state index contributed by atoms with van der Waals surface area (Å²) in [6.45, 7) is 3.79. The number of halogens is 1. The lowest BCUT2D eigenvalue weighted by Crippen LogP contribution is -2.50. The third-order valence-corrected chi connectivity index (χ3v) is 5.07. The summed E-state index contributed by atoms with van der Waals surface area (Å²) in [4.78, 5) is 25.6. The Balaban J connectivity index is 2.30. The van der Waals surface area contributed by atoms with E-state index < -0.39 is 12.0 Å². The second kappa shape index (κ2) is 7.59. The Hall–Kier alpha value is -1.18. The Bertz CT molecular complexity index is 688. The van der Waals surface area contributed by atoms with Crippen molar-refractivity contribution in [3.63, 3.8) is 0 Å². The molecule has 1 atom stereocenters. The van der Waals surface area contributed by atoms with Crippen LogP contribution in [0.25, 0.3) is 6.08 Å². The monoisotopic (exact) mass is 412 g/mol. The summed E-state index contributed by atoms with van der Waals surface area (Å²) in [7, 11) is 0. The molecule has 1 aliphatic rings. The van der Waals surface area contributed by atoms with Gasteiger partial charge >= 0.3 is 0 Å². The number of carbonyl (C=O) groups is 2. The van der Waals surface area contributed by atoms with Crippen molar-refractivity contribution in [1.82, 2.24) is 4.90 Å². The molecule has 1 heterocycles. The summed E-state index contributed by atoms with van der Waals surface area (Å²) in [5, 5.41) is 11.4. The smallest absolute Gasteiger partial charge is 0.266 e. The summed E-state index contributed by atoms with van der Waals surface area (Å²) in [6, 6.07) is 6.45. The maximum absolute atomic E-state index is 12.6. The van der Waals surface area contributed by atoms with E-state index in [1.165, 1.54) is 4.90 Å². The highest BCUT2D eigenvalue weighted by atomic mass is 79.9. The molecule has 0 spiro atoms. The number of aliphatic carboxylic acids is 1. The molecule has 0 unspecified atom stereocenters. The fourth-order valence-corrected chi connectivity index (χ4v) is 4.02. The summed E-state index contributed by atoms with van der Waals surface area (Å²) < 4.78 is 1.15. The molecule has 7 heteroatoms. The summed E-state index contributed by atoms with van der Waals surface area (Å²) in [6.07, 6.45) is 2.02. The molecule has 0 saturated carbocycles. The van der Waals surface area contributed by atoms with Crippen LogP contribution in [-0.4, -0.2) is 27.1 Å². The maximum Gasteiger partial charge on any atom is 0.266 e. The molecule has 1 aromatic rings. The zero-order valence-corrected chi connectivity index (χ0v) is 15.8. The van der Waals surface area contributed by atoms with Crippen LogP contribution >= 0.6 is 39.9 Å².